The second kappa shape index (κ2) is 12.1. The Morgan fingerprint density at radius 1 is 1.09 bits per heavy atom. The van der Waals surface area contributed by atoms with Gasteiger partial charge in [0.15, 0.2) is 5.82 Å². The number of anilines is 2. The van der Waals surface area contributed by atoms with Gasteiger partial charge in [-0.3, -0.25) is 4.79 Å². The third-order valence-corrected chi connectivity index (χ3v) is 7.53. The van der Waals surface area contributed by atoms with Crippen LogP contribution in [0.25, 0.3) is 0 Å². The molecule has 9 nitrogen and oxygen atoms in total. The Kier molecular flexibility index (Phi) is 9.85. The molecule has 1 aromatic carbocycles. The standard InChI is InChI=1S/C23H37N5O4S/c1-7-27(8-2)20-15-14-18(33(30,31)28(9-3)10-4)16-19(20)24-21(29)12-11-13-22-25-23(17(5)6)26-32-22/h14-17H,7-13H2,1-6H3,(H,24,29). The van der Waals surface area contributed by atoms with Gasteiger partial charge in [-0.2, -0.15) is 9.29 Å². The first kappa shape index (κ1) is 26.8. The van der Waals surface area contributed by atoms with Crippen molar-refractivity contribution < 1.29 is 17.7 Å². The summed E-state index contributed by atoms with van der Waals surface area (Å²) in [6.45, 7) is 13.9. The van der Waals surface area contributed by atoms with E-state index >= 15 is 0 Å². The molecule has 0 radical (unpaired) electrons. The van der Waals surface area contributed by atoms with Crippen molar-refractivity contribution in [2.45, 2.75) is 71.6 Å². The number of carbonyl (C=O) groups is 1. The van der Waals surface area contributed by atoms with Gasteiger partial charge in [0, 0.05) is 44.9 Å². The molecule has 0 aliphatic heterocycles. The number of aromatic nitrogens is 2. The molecule has 0 atom stereocenters. The number of rotatable bonds is 13. The third kappa shape index (κ3) is 6.77. The van der Waals surface area contributed by atoms with E-state index in [4.69, 9.17) is 4.52 Å². The average Bonchev–Trinajstić information content (AvgIpc) is 3.25. The Labute approximate surface area is 197 Å². The monoisotopic (exact) mass is 479 g/mol. The molecule has 0 bridgehead atoms. The normalized spacial score (nSPS) is 11.9. The van der Waals surface area contributed by atoms with E-state index in [0.717, 1.165) is 18.8 Å². The van der Waals surface area contributed by atoms with E-state index in [1.54, 1.807) is 18.2 Å². The van der Waals surface area contributed by atoms with E-state index < -0.39 is 10.0 Å². The summed E-state index contributed by atoms with van der Waals surface area (Å²) < 4.78 is 32.7. The van der Waals surface area contributed by atoms with E-state index in [-0.39, 0.29) is 23.1 Å². The van der Waals surface area contributed by atoms with Crippen molar-refractivity contribution in [1.29, 1.82) is 0 Å². The molecule has 1 N–H and O–H groups in total. The number of aryl methyl sites for hydroxylation is 1. The zero-order valence-corrected chi connectivity index (χ0v) is 21.4. The molecule has 33 heavy (non-hydrogen) atoms. The highest BCUT2D eigenvalue weighted by atomic mass is 32.2. The first-order valence-corrected chi connectivity index (χ1v) is 13.1. The lowest BCUT2D eigenvalue weighted by atomic mass is 10.2. The fraction of sp³-hybridized carbons (Fsp3) is 0.609. The molecule has 0 unspecified atom stereocenters. The van der Waals surface area contributed by atoms with Gasteiger partial charge in [-0.05, 0) is 38.5 Å². The van der Waals surface area contributed by atoms with Gasteiger partial charge in [0.2, 0.25) is 21.8 Å². The van der Waals surface area contributed by atoms with Crippen LogP contribution in [0, 0.1) is 0 Å². The summed E-state index contributed by atoms with van der Waals surface area (Å²) >= 11 is 0. The highest BCUT2D eigenvalue weighted by Crippen LogP contribution is 2.30. The Morgan fingerprint density at radius 3 is 2.30 bits per heavy atom. The van der Waals surface area contributed by atoms with Crippen LogP contribution in [-0.4, -0.2) is 54.9 Å². The summed E-state index contributed by atoms with van der Waals surface area (Å²) in [5, 5.41) is 6.87. The first-order valence-electron chi connectivity index (χ1n) is 11.7. The number of hydrogen-bond acceptors (Lipinski definition) is 7. The van der Waals surface area contributed by atoms with Crippen LogP contribution < -0.4 is 10.2 Å². The van der Waals surface area contributed by atoms with Crippen LogP contribution in [0.2, 0.25) is 0 Å². The van der Waals surface area contributed by atoms with E-state index in [1.807, 2.05) is 41.5 Å². The van der Waals surface area contributed by atoms with Crippen LogP contribution in [0.4, 0.5) is 11.4 Å². The quantitative estimate of drug-likeness (QED) is 0.462. The van der Waals surface area contributed by atoms with Crippen LogP contribution >= 0.6 is 0 Å². The molecule has 0 saturated heterocycles. The van der Waals surface area contributed by atoms with Crippen LogP contribution in [0.3, 0.4) is 0 Å². The van der Waals surface area contributed by atoms with E-state index in [9.17, 15) is 13.2 Å². The summed E-state index contributed by atoms with van der Waals surface area (Å²) in [5.41, 5.74) is 1.29. The molecule has 0 saturated carbocycles. The lowest BCUT2D eigenvalue weighted by Crippen LogP contribution is -2.31. The molecule has 184 valence electrons. The minimum atomic E-state index is -3.64. The van der Waals surface area contributed by atoms with Gasteiger partial charge in [0.05, 0.1) is 16.3 Å². The van der Waals surface area contributed by atoms with Gasteiger partial charge in [0.25, 0.3) is 0 Å². The fourth-order valence-electron chi connectivity index (χ4n) is 3.55. The van der Waals surface area contributed by atoms with Crippen molar-refractivity contribution >= 4 is 27.3 Å². The number of benzene rings is 1. The minimum Gasteiger partial charge on any atom is -0.370 e. The molecule has 0 aliphatic carbocycles. The van der Waals surface area contributed by atoms with Crippen LogP contribution in [0.15, 0.2) is 27.6 Å². The molecular formula is C23H37N5O4S. The zero-order chi connectivity index (χ0) is 24.6. The second-order valence-corrected chi connectivity index (χ2v) is 9.98. The fourth-order valence-corrected chi connectivity index (χ4v) is 5.03. The Hall–Kier alpha value is -2.46. The van der Waals surface area contributed by atoms with E-state index in [1.165, 1.54) is 4.31 Å². The van der Waals surface area contributed by atoms with Crippen molar-refractivity contribution in [2.75, 3.05) is 36.4 Å². The molecule has 0 fully saturated rings. The smallest absolute Gasteiger partial charge is 0.243 e. The maximum Gasteiger partial charge on any atom is 0.243 e. The number of carbonyl (C=O) groups excluding carboxylic acids is 1. The van der Waals surface area contributed by atoms with Gasteiger partial charge in [-0.1, -0.05) is 32.9 Å². The maximum atomic E-state index is 13.0. The van der Waals surface area contributed by atoms with Gasteiger partial charge >= 0.3 is 0 Å². The summed E-state index contributed by atoms with van der Waals surface area (Å²) in [4.78, 5) is 19.3. The zero-order valence-electron chi connectivity index (χ0n) is 20.6. The molecule has 10 heteroatoms. The van der Waals surface area contributed by atoms with Gasteiger partial charge in [-0.25, -0.2) is 8.42 Å². The van der Waals surface area contributed by atoms with Gasteiger partial charge < -0.3 is 14.7 Å². The van der Waals surface area contributed by atoms with Crippen LogP contribution in [0.1, 0.15) is 72.0 Å². The summed E-state index contributed by atoms with van der Waals surface area (Å²) in [6.07, 6.45) is 1.31. The largest absolute Gasteiger partial charge is 0.370 e. The Bertz CT molecular complexity index is 1010. The molecule has 2 aromatic rings. The second-order valence-electron chi connectivity index (χ2n) is 8.04. The highest BCUT2D eigenvalue weighted by Gasteiger charge is 2.24. The van der Waals surface area contributed by atoms with Crippen molar-refractivity contribution in [2.24, 2.45) is 0 Å². The minimum absolute atomic E-state index is 0.171. The molecule has 2 rings (SSSR count). The van der Waals surface area contributed by atoms with Gasteiger partial charge in [0.1, 0.15) is 0 Å². The number of nitrogens with zero attached hydrogens (tertiary/aromatic N) is 4. The summed E-state index contributed by atoms with van der Waals surface area (Å²) in [6, 6.07) is 4.94. The molecule has 1 heterocycles. The Morgan fingerprint density at radius 2 is 1.76 bits per heavy atom. The van der Waals surface area contributed by atoms with Crippen molar-refractivity contribution in [1.82, 2.24) is 14.4 Å². The van der Waals surface area contributed by atoms with E-state index in [2.05, 4.69) is 20.4 Å². The molecular weight excluding hydrogens is 442 g/mol. The predicted octanol–water partition coefficient (Wildman–Crippen LogP) is 4.03. The lowest BCUT2D eigenvalue weighted by Gasteiger charge is -2.26. The number of sulfonamides is 1. The van der Waals surface area contributed by atoms with Crippen molar-refractivity contribution in [3.8, 4) is 0 Å². The lowest BCUT2D eigenvalue weighted by molar-refractivity contribution is -0.116. The average molecular weight is 480 g/mol. The van der Waals surface area contributed by atoms with E-state index in [0.29, 0.717) is 43.3 Å². The number of nitrogens with one attached hydrogen (secondary N) is 1. The highest BCUT2D eigenvalue weighted by molar-refractivity contribution is 7.89. The number of hydrogen-bond donors (Lipinski definition) is 1. The predicted molar refractivity (Wildman–Crippen MR) is 130 cm³/mol. The Balaban J connectivity index is 2.19. The summed E-state index contributed by atoms with van der Waals surface area (Å²) in [5.74, 6) is 1.17. The van der Waals surface area contributed by atoms with Crippen LogP contribution in [-0.2, 0) is 21.2 Å². The summed E-state index contributed by atoms with van der Waals surface area (Å²) in [7, 11) is -3.64. The molecule has 1 aromatic heterocycles. The molecule has 0 aliphatic rings. The third-order valence-electron chi connectivity index (χ3n) is 5.48. The maximum absolute atomic E-state index is 13.0. The number of amides is 1. The molecule has 1 amide bonds. The SMILES string of the molecule is CCN(CC)c1ccc(S(=O)(=O)N(CC)CC)cc1NC(=O)CCCc1nc(C(C)C)no1. The van der Waals surface area contributed by atoms with Crippen LogP contribution in [0.5, 0.6) is 0 Å². The molecule has 0 spiro atoms. The van der Waals surface area contributed by atoms with Gasteiger partial charge in [-0.15, -0.1) is 0 Å². The first-order chi connectivity index (χ1) is 15.7. The van der Waals surface area contributed by atoms with Crippen molar-refractivity contribution in [3.63, 3.8) is 0 Å². The topological polar surface area (TPSA) is 109 Å². The van der Waals surface area contributed by atoms with Crippen molar-refractivity contribution in [3.05, 3.63) is 29.9 Å².